The highest BCUT2D eigenvalue weighted by Gasteiger charge is 2.22. The average Bonchev–Trinajstić information content (AvgIpc) is 2.60. The first kappa shape index (κ1) is 19.0. The van der Waals surface area contributed by atoms with Gasteiger partial charge in [-0.2, -0.15) is 9.41 Å². The van der Waals surface area contributed by atoms with Crippen molar-refractivity contribution in [1.82, 2.24) is 14.7 Å². The number of hydrazone groups is 1. The number of pyridine rings is 1. The van der Waals surface area contributed by atoms with Crippen LogP contribution in [0.25, 0.3) is 0 Å². The molecule has 1 amide bonds. The number of rotatable bonds is 6. The fraction of sp³-hybridized carbons (Fsp3) is 0.188. The predicted molar refractivity (Wildman–Crippen MR) is 95.9 cm³/mol. The summed E-state index contributed by atoms with van der Waals surface area (Å²) in [6.45, 7) is 1.36. The summed E-state index contributed by atoms with van der Waals surface area (Å²) in [5.41, 5.74) is 3.73. The van der Waals surface area contributed by atoms with Crippen molar-refractivity contribution in [2.75, 3.05) is 13.6 Å². The lowest BCUT2D eigenvalue weighted by Gasteiger charge is -2.16. The van der Waals surface area contributed by atoms with Gasteiger partial charge in [0.1, 0.15) is 0 Å². The van der Waals surface area contributed by atoms with E-state index >= 15 is 0 Å². The minimum Gasteiger partial charge on any atom is -0.272 e. The second kappa shape index (κ2) is 8.19. The van der Waals surface area contributed by atoms with Crippen LogP contribution in [-0.2, 0) is 14.8 Å². The number of nitrogens with one attached hydrogen (secondary N) is 1. The lowest BCUT2D eigenvalue weighted by molar-refractivity contribution is -0.121. The van der Waals surface area contributed by atoms with Crippen molar-refractivity contribution in [3.63, 3.8) is 0 Å². The van der Waals surface area contributed by atoms with Crippen LogP contribution in [0.1, 0.15) is 12.5 Å². The average molecular weight is 381 g/mol. The number of carbonyl (C=O) groups excluding carboxylic acids is 1. The second-order valence-electron chi connectivity index (χ2n) is 5.18. The van der Waals surface area contributed by atoms with Gasteiger partial charge in [-0.25, -0.2) is 13.8 Å². The van der Waals surface area contributed by atoms with Crippen LogP contribution in [0.3, 0.4) is 0 Å². The van der Waals surface area contributed by atoms with E-state index in [0.29, 0.717) is 10.7 Å². The van der Waals surface area contributed by atoms with Gasteiger partial charge < -0.3 is 0 Å². The topological polar surface area (TPSA) is 91.7 Å². The molecule has 0 atom stereocenters. The van der Waals surface area contributed by atoms with Gasteiger partial charge in [0.2, 0.25) is 10.0 Å². The van der Waals surface area contributed by atoms with Gasteiger partial charge in [-0.05, 0) is 43.3 Å². The molecule has 0 aliphatic rings. The van der Waals surface area contributed by atoms with Crippen LogP contribution >= 0.6 is 11.6 Å². The number of carbonyl (C=O) groups is 1. The molecule has 0 spiro atoms. The van der Waals surface area contributed by atoms with E-state index < -0.39 is 15.9 Å². The van der Waals surface area contributed by atoms with Gasteiger partial charge in [-0.1, -0.05) is 11.6 Å². The van der Waals surface area contributed by atoms with Crippen LogP contribution < -0.4 is 5.43 Å². The van der Waals surface area contributed by atoms with Crippen molar-refractivity contribution in [1.29, 1.82) is 0 Å². The lowest BCUT2D eigenvalue weighted by atomic mass is 10.2. The molecule has 1 N–H and O–H groups in total. The van der Waals surface area contributed by atoms with Gasteiger partial charge in [0.05, 0.1) is 17.2 Å². The van der Waals surface area contributed by atoms with E-state index in [2.05, 4.69) is 15.5 Å². The fourth-order valence-electron chi connectivity index (χ4n) is 1.91. The van der Waals surface area contributed by atoms with Crippen LogP contribution in [-0.4, -0.2) is 42.9 Å². The zero-order chi connectivity index (χ0) is 18.4. The highest BCUT2D eigenvalue weighted by Crippen LogP contribution is 2.17. The Morgan fingerprint density at radius 2 is 1.80 bits per heavy atom. The van der Waals surface area contributed by atoms with Gasteiger partial charge >= 0.3 is 0 Å². The van der Waals surface area contributed by atoms with Gasteiger partial charge in [0, 0.05) is 30.0 Å². The fourth-order valence-corrected chi connectivity index (χ4v) is 3.17. The maximum atomic E-state index is 12.4. The summed E-state index contributed by atoms with van der Waals surface area (Å²) in [4.78, 5) is 15.9. The Balaban J connectivity index is 2.01. The maximum Gasteiger partial charge on any atom is 0.255 e. The van der Waals surface area contributed by atoms with E-state index in [-0.39, 0.29) is 11.4 Å². The monoisotopic (exact) mass is 380 g/mol. The van der Waals surface area contributed by atoms with E-state index in [9.17, 15) is 13.2 Å². The molecule has 0 aliphatic heterocycles. The van der Waals surface area contributed by atoms with Gasteiger partial charge in [-0.3, -0.25) is 9.78 Å². The molecule has 0 fully saturated rings. The number of amides is 1. The van der Waals surface area contributed by atoms with Crippen LogP contribution in [0.4, 0.5) is 0 Å². The molecule has 1 aromatic heterocycles. The summed E-state index contributed by atoms with van der Waals surface area (Å²) in [6.07, 6.45) is 3.23. The minimum atomic E-state index is -3.78. The van der Waals surface area contributed by atoms with Crippen molar-refractivity contribution in [2.45, 2.75) is 11.8 Å². The van der Waals surface area contributed by atoms with E-state index in [4.69, 9.17) is 11.6 Å². The van der Waals surface area contributed by atoms with E-state index in [1.165, 1.54) is 31.3 Å². The quantitative estimate of drug-likeness (QED) is 0.612. The first-order valence-corrected chi connectivity index (χ1v) is 9.08. The molecule has 0 saturated carbocycles. The Labute approximate surface area is 151 Å². The van der Waals surface area contributed by atoms with Crippen LogP contribution in [0, 0.1) is 0 Å². The highest BCUT2D eigenvalue weighted by atomic mass is 35.5. The number of likely N-dealkylation sites (N-methyl/N-ethyl adjacent to an activating group) is 1. The number of sulfonamides is 1. The molecule has 0 unspecified atom stereocenters. The number of hydrogen-bond donors (Lipinski definition) is 1. The molecule has 9 heteroatoms. The Hall–Kier alpha value is -2.29. The molecule has 1 heterocycles. The maximum absolute atomic E-state index is 12.4. The van der Waals surface area contributed by atoms with Crippen molar-refractivity contribution in [2.24, 2.45) is 5.10 Å². The Bertz CT molecular complexity index is 868. The zero-order valence-electron chi connectivity index (χ0n) is 13.7. The molecule has 0 aliphatic carbocycles. The van der Waals surface area contributed by atoms with E-state index in [1.807, 2.05) is 0 Å². The summed E-state index contributed by atoms with van der Waals surface area (Å²) in [5.74, 6) is -0.548. The molecule has 7 nitrogen and oxygen atoms in total. The zero-order valence-corrected chi connectivity index (χ0v) is 15.3. The summed E-state index contributed by atoms with van der Waals surface area (Å²) in [7, 11) is -2.46. The van der Waals surface area contributed by atoms with Crippen molar-refractivity contribution < 1.29 is 13.2 Å². The molecule has 132 valence electrons. The third-order valence-electron chi connectivity index (χ3n) is 3.33. The Kier molecular flexibility index (Phi) is 6.24. The number of halogens is 1. The predicted octanol–water partition coefficient (Wildman–Crippen LogP) is 1.90. The molecule has 0 bridgehead atoms. The first-order chi connectivity index (χ1) is 11.8. The summed E-state index contributed by atoms with van der Waals surface area (Å²) >= 11 is 5.76. The number of aromatic nitrogens is 1. The second-order valence-corrected chi connectivity index (χ2v) is 7.66. The largest absolute Gasteiger partial charge is 0.272 e. The normalized spacial score (nSPS) is 12.2. The van der Waals surface area contributed by atoms with Crippen molar-refractivity contribution >= 4 is 33.2 Å². The minimum absolute atomic E-state index is 0.0590. The van der Waals surface area contributed by atoms with Crippen molar-refractivity contribution in [3.05, 3.63) is 59.4 Å². The molecule has 25 heavy (non-hydrogen) atoms. The van der Waals surface area contributed by atoms with Crippen molar-refractivity contribution in [3.8, 4) is 0 Å². The smallest absolute Gasteiger partial charge is 0.255 e. The summed E-state index contributed by atoms with van der Waals surface area (Å²) < 4.78 is 25.7. The molecule has 2 rings (SSSR count). The molecule has 0 radical (unpaired) electrons. The third-order valence-corrected chi connectivity index (χ3v) is 5.40. The third kappa shape index (κ3) is 5.09. The van der Waals surface area contributed by atoms with Crippen LogP contribution in [0.15, 0.2) is 58.8 Å². The summed E-state index contributed by atoms with van der Waals surface area (Å²) in [6, 6.07) is 9.23. The van der Waals surface area contributed by atoms with Gasteiger partial charge in [0.15, 0.2) is 0 Å². The van der Waals surface area contributed by atoms with Gasteiger partial charge in [-0.15, -0.1) is 0 Å². The van der Waals surface area contributed by atoms with E-state index in [0.717, 1.165) is 9.87 Å². The number of benzene rings is 1. The Morgan fingerprint density at radius 1 is 1.20 bits per heavy atom. The molecule has 2 aromatic rings. The molecular weight excluding hydrogens is 364 g/mol. The van der Waals surface area contributed by atoms with E-state index in [1.54, 1.807) is 31.5 Å². The number of hydrogen-bond acceptors (Lipinski definition) is 5. The van der Waals surface area contributed by atoms with Crippen LogP contribution in [0.5, 0.6) is 0 Å². The van der Waals surface area contributed by atoms with Crippen LogP contribution in [0.2, 0.25) is 5.02 Å². The standard InChI is InChI=1S/C16H17ClN4O3S/c1-12(13-7-9-18-10-8-13)19-20-16(22)11-21(2)25(23,24)15-5-3-14(17)4-6-15/h3-10H,11H2,1-2H3,(H,20,22)/b19-12-. The highest BCUT2D eigenvalue weighted by molar-refractivity contribution is 7.89. The Morgan fingerprint density at radius 3 is 2.40 bits per heavy atom. The summed E-state index contributed by atoms with van der Waals surface area (Å²) in [5, 5.41) is 4.39. The first-order valence-electron chi connectivity index (χ1n) is 7.26. The SMILES string of the molecule is C/C(=N/NC(=O)CN(C)S(=O)(=O)c1ccc(Cl)cc1)c1ccncc1. The molecule has 0 saturated heterocycles. The number of nitrogens with zero attached hydrogens (tertiary/aromatic N) is 3. The molecular formula is C16H17ClN4O3S. The van der Waals surface area contributed by atoms with Gasteiger partial charge in [0.25, 0.3) is 5.91 Å². The lowest BCUT2D eigenvalue weighted by Crippen LogP contribution is -2.36. The molecule has 1 aromatic carbocycles.